The molecular weight excluding hydrogens is 769 g/mol. The fourth-order valence-corrected chi connectivity index (χ4v) is 7.04. The van der Waals surface area contributed by atoms with Crippen LogP contribution in [0.25, 0.3) is 0 Å². The van der Waals surface area contributed by atoms with Crippen molar-refractivity contribution in [2.45, 2.75) is 224 Å². The van der Waals surface area contributed by atoms with Crippen LogP contribution >= 0.6 is 0 Å². The second-order valence-electron chi connectivity index (χ2n) is 16.5. The zero-order valence-corrected chi connectivity index (χ0v) is 38.6. The molecule has 0 aromatic carbocycles. The van der Waals surface area contributed by atoms with Crippen LogP contribution < -0.4 is 0 Å². The van der Waals surface area contributed by atoms with Crippen molar-refractivity contribution < 1.29 is 44.2 Å². The average Bonchev–Trinajstić information content (AvgIpc) is 3.26. The van der Waals surface area contributed by atoms with Gasteiger partial charge in [0.05, 0.1) is 19.8 Å². The summed E-state index contributed by atoms with van der Waals surface area (Å²) in [5.41, 5.74) is 0. The lowest BCUT2D eigenvalue weighted by Crippen LogP contribution is -2.59. The first-order valence-corrected chi connectivity index (χ1v) is 24.5. The molecule has 1 fully saturated rings. The smallest absolute Gasteiger partial charge is 0.306 e. The number of ether oxygens (including phenoxy) is 4. The minimum Gasteiger partial charge on any atom is -0.457 e. The highest BCUT2D eigenvalue weighted by Gasteiger charge is 2.44. The van der Waals surface area contributed by atoms with E-state index in [9.17, 15) is 25.2 Å². The SMILES string of the molecule is CC/C=C\C/C=C\C/C=C\C/C=C\C/C=C\CCCCCCCCCCCC(=O)OC(COCCCCCCCC/C=C\CCCCC)COC1OC(CO)C(O)C(O)C1O. The van der Waals surface area contributed by atoms with Crippen molar-refractivity contribution >= 4 is 5.97 Å². The summed E-state index contributed by atoms with van der Waals surface area (Å²) in [5.74, 6) is -0.325. The molecule has 0 saturated carbocycles. The maximum Gasteiger partial charge on any atom is 0.306 e. The Labute approximate surface area is 372 Å². The summed E-state index contributed by atoms with van der Waals surface area (Å²) in [7, 11) is 0. The Hall–Kier alpha value is -2.37. The van der Waals surface area contributed by atoms with Gasteiger partial charge in [-0.1, -0.05) is 170 Å². The molecule has 0 spiro atoms. The number of rotatable bonds is 41. The predicted molar refractivity (Wildman–Crippen MR) is 251 cm³/mol. The molecule has 4 N–H and O–H groups in total. The number of esters is 1. The molecule has 1 saturated heterocycles. The number of carbonyl (C=O) groups is 1. The maximum atomic E-state index is 12.8. The van der Waals surface area contributed by atoms with Crippen LogP contribution in [0.3, 0.4) is 0 Å². The van der Waals surface area contributed by atoms with Crippen LogP contribution in [-0.2, 0) is 23.7 Å². The first-order valence-electron chi connectivity index (χ1n) is 24.5. The van der Waals surface area contributed by atoms with Crippen molar-refractivity contribution in [3.05, 3.63) is 72.9 Å². The molecule has 61 heavy (non-hydrogen) atoms. The highest BCUT2D eigenvalue weighted by atomic mass is 16.7. The Morgan fingerprint density at radius 3 is 1.52 bits per heavy atom. The molecular formula is C52H90O9. The summed E-state index contributed by atoms with van der Waals surface area (Å²) < 4.78 is 22.8. The molecule has 0 radical (unpaired) electrons. The van der Waals surface area contributed by atoms with Gasteiger partial charge in [-0.15, -0.1) is 0 Å². The number of carbonyl (C=O) groups excluding carboxylic acids is 1. The van der Waals surface area contributed by atoms with Gasteiger partial charge in [0.2, 0.25) is 0 Å². The Bertz CT molecular complexity index is 1160. The topological polar surface area (TPSA) is 135 Å². The van der Waals surface area contributed by atoms with E-state index >= 15 is 0 Å². The minimum absolute atomic E-state index is 0.121. The van der Waals surface area contributed by atoms with Crippen molar-refractivity contribution in [1.82, 2.24) is 0 Å². The van der Waals surface area contributed by atoms with Crippen molar-refractivity contribution in [3.8, 4) is 0 Å². The lowest BCUT2D eigenvalue weighted by molar-refractivity contribution is -0.305. The van der Waals surface area contributed by atoms with Crippen LogP contribution in [0.4, 0.5) is 0 Å². The molecule has 0 amide bonds. The molecule has 352 valence electrons. The van der Waals surface area contributed by atoms with E-state index in [1.807, 2.05) is 0 Å². The van der Waals surface area contributed by atoms with Crippen LogP contribution in [0.15, 0.2) is 72.9 Å². The zero-order chi connectivity index (χ0) is 44.3. The molecule has 6 atom stereocenters. The van der Waals surface area contributed by atoms with E-state index in [2.05, 4.69) is 86.8 Å². The van der Waals surface area contributed by atoms with Crippen LogP contribution in [-0.4, -0.2) is 89.6 Å². The number of aliphatic hydroxyl groups excluding tert-OH is 4. The van der Waals surface area contributed by atoms with Gasteiger partial charge in [-0.25, -0.2) is 0 Å². The molecule has 6 unspecified atom stereocenters. The average molecular weight is 859 g/mol. The van der Waals surface area contributed by atoms with Gasteiger partial charge in [-0.3, -0.25) is 4.79 Å². The van der Waals surface area contributed by atoms with E-state index < -0.39 is 43.4 Å². The summed E-state index contributed by atoms with van der Waals surface area (Å²) in [4.78, 5) is 12.8. The first-order chi connectivity index (χ1) is 29.9. The predicted octanol–water partition coefficient (Wildman–Crippen LogP) is 11.6. The van der Waals surface area contributed by atoms with Crippen LogP contribution in [0.2, 0.25) is 0 Å². The largest absolute Gasteiger partial charge is 0.457 e. The van der Waals surface area contributed by atoms with Gasteiger partial charge in [-0.05, 0) is 83.5 Å². The van der Waals surface area contributed by atoms with Gasteiger partial charge < -0.3 is 39.4 Å². The number of hydrogen-bond acceptors (Lipinski definition) is 9. The molecule has 1 aliphatic heterocycles. The summed E-state index contributed by atoms with van der Waals surface area (Å²) in [5, 5.41) is 40.2. The fraction of sp³-hybridized carbons (Fsp3) is 0.750. The summed E-state index contributed by atoms with van der Waals surface area (Å²) in [6, 6.07) is 0. The lowest BCUT2D eigenvalue weighted by Gasteiger charge is -2.39. The minimum atomic E-state index is -1.54. The van der Waals surface area contributed by atoms with Crippen LogP contribution in [0.1, 0.15) is 187 Å². The van der Waals surface area contributed by atoms with E-state index in [1.54, 1.807) is 0 Å². The van der Waals surface area contributed by atoms with Gasteiger partial charge >= 0.3 is 5.97 Å². The molecule has 0 aromatic heterocycles. The fourth-order valence-electron chi connectivity index (χ4n) is 7.04. The Morgan fingerprint density at radius 2 is 1.00 bits per heavy atom. The van der Waals surface area contributed by atoms with Gasteiger partial charge in [0, 0.05) is 13.0 Å². The molecule has 0 aromatic rings. The molecule has 1 heterocycles. The lowest BCUT2D eigenvalue weighted by atomic mass is 9.99. The Balaban J connectivity index is 2.21. The van der Waals surface area contributed by atoms with Crippen molar-refractivity contribution in [3.63, 3.8) is 0 Å². The van der Waals surface area contributed by atoms with Gasteiger partial charge in [-0.2, -0.15) is 0 Å². The summed E-state index contributed by atoms with van der Waals surface area (Å²) in [6.07, 6.45) is 49.3. The normalized spacial score (nSPS) is 20.5. The quantitative estimate of drug-likeness (QED) is 0.0269. The number of hydrogen-bond donors (Lipinski definition) is 4. The highest BCUT2D eigenvalue weighted by molar-refractivity contribution is 5.69. The standard InChI is InChI=1S/C52H90O9/c1-3-5-7-9-11-13-15-17-18-19-20-21-22-23-24-25-26-27-28-29-31-33-35-37-39-41-48(54)60-46(45-59-52-51(57)50(56)49(55)47(43-53)61-52)44-58-42-40-38-36-34-32-30-16-14-12-10-8-6-4-2/h5,7,11-14,17-18,20-21,23-24,46-47,49-53,55-57H,3-4,6,8-10,15-16,19,22,25-45H2,1-2H3/b7-5-,13-11-,14-12-,18-17-,21-20-,24-23-. The van der Waals surface area contributed by atoms with Crippen molar-refractivity contribution in [2.75, 3.05) is 26.4 Å². The number of allylic oxidation sites excluding steroid dienone is 12. The van der Waals surface area contributed by atoms with Gasteiger partial charge in [0.1, 0.15) is 30.5 Å². The van der Waals surface area contributed by atoms with E-state index in [0.717, 1.165) is 83.5 Å². The third-order valence-electron chi connectivity index (χ3n) is 10.9. The van der Waals surface area contributed by atoms with Gasteiger partial charge in [0.15, 0.2) is 6.29 Å². The van der Waals surface area contributed by atoms with E-state index in [1.165, 1.54) is 83.5 Å². The monoisotopic (exact) mass is 859 g/mol. The van der Waals surface area contributed by atoms with Crippen molar-refractivity contribution in [2.24, 2.45) is 0 Å². The third-order valence-corrected chi connectivity index (χ3v) is 10.9. The Kier molecular flexibility index (Phi) is 39.8. The van der Waals surface area contributed by atoms with Crippen LogP contribution in [0.5, 0.6) is 0 Å². The molecule has 9 nitrogen and oxygen atoms in total. The van der Waals surface area contributed by atoms with E-state index in [-0.39, 0.29) is 19.2 Å². The molecule has 0 bridgehead atoms. The zero-order valence-electron chi connectivity index (χ0n) is 38.6. The van der Waals surface area contributed by atoms with Gasteiger partial charge in [0.25, 0.3) is 0 Å². The maximum absolute atomic E-state index is 12.8. The summed E-state index contributed by atoms with van der Waals surface area (Å²) >= 11 is 0. The highest BCUT2D eigenvalue weighted by Crippen LogP contribution is 2.22. The molecule has 9 heteroatoms. The molecule has 1 aliphatic rings. The van der Waals surface area contributed by atoms with Crippen molar-refractivity contribution in [1.29, 1.82) is 0 Å². The van der Waals surface area contributed by atoms with Crippen LogP contribution in [0, 0.1) is 0 Å². The summed E-state index contributed by atoms with van der Waals surface area (Å²) in [6.45, 7) is 4.40. The number of unbranched alkanes of at least 4 members (excludes halogenated alkanes) is 18. The molecule has 1 rings (SSSR count). The van der Waals surface area contributed by atoms with E-state index in [4.69, 9.17) is 18.9 Å². The molecule has 0 aliphatic carbocycles. The first kappa shape index (κ1) is 56.6. The van der Waals surface area contributed by atoms with E-state index in [0.29, 0.717) is 13.0 Å². The Morgan fingerprint density at radius 1 is 0.541 bits per heavy atom. The second-order valence-corrected chi connectivity index (χ2v) is 16.5. The second kappa shape index (κ2) is 42.9. The number of aliphatic hydroxyl groups is 4. The third kappa shape index (κ3) is 33.8.